The zero-order chi connectivity index (χ0) is 17.2. The van der Waals surface area contributed by atoms with Crippen molar-refractivity contribution in [2.45, 2.75) is 6.42 Å². The molecule has 0 amide bonds. The monoisotopic (exact) mass is 325 g/mol. The molecule has 0 aliphatic carbocycles. The lowest BCUT2D eigenvalue weighted by molar-refractivity contribution is -0.384. The van der Waals surface area contributed by atoms with Crippen molar-refractivity contribution in [3.63, 3.8) is 0 Å². The number of nitro groups is 1. The first-order chi connectivity index (χ1) is 11.7. The molecule has 0 unspecified atom stereocenters. The van der Waals surface area contributed by atoms with Crippen LogP contribution in [0, 0.1) is 15.5 Å². The molecule has 0 spiro atoms. The summed E-state index contributed by atoms with van der Waals surface area (Å²) >= 11 is 0. The third kappa shape index (κ3) is 4.91. The van der Waals surface area contributed by atoms with E-state index in [1.165, 1.54) is 12.4 Å². The van der Waals surface area contributed by atoms with E-state index in [-0.39, 0.29) is 10.6 Å². The standard InChI is InChI=1S/C17H19N5O2/c18-12-20-13-19-9-4-10-21-15-7-8-17(22(23)24)16(11-15)14-5-2-1-3-6-14/h1-3,5-8,11-13,21H,4,9-10H2,(H2,18,19,20). The van der Waals surface area contributed by atoms with Crippen molar-refractivity contribution < 1.29 is 4.92 Å². The molecule has 7 heteroatoms. The summed E-state index contributed by atoms with van der Waals surface area (Å²) in [6, 6.07) is 14.4. The van der Waals surface area contributed by atoms with Crippen LogP contribution in [0.2, 0.25) is 0 Å². The summed E-state index contributed by atoms with van der Waals surface area (Å²) in [6.07, 6.45) is 3.29. The van der Waals surface area contributed by atoms with E-state index in [0.717, 1.165) is 37.1 Å². The van der Waals surface area contributed by atoms with E-state index in [1.807, 2.05) is 30.3 Å². The van der Waals surface area contributed by atoms with Crippen LogP contribution in [0.1, 0.15) is 6.42 Å². The van der Waals surface area contributed by atoms with Gasteiger partial charge in [0.15, 0.2) is 0 Å². The predicted molar refractivity (Wildman–Crippen MR) is 96.9 cm³/mol. The zero-order valence-corrected chi connectivity index (χ0v) is 13.1. The number of anilines is 1. The average molecular weight is 325 g/mol. The molecule has 3 N–H and O–H groups in total. The average Bonchev–Trinajstić information content (AvgIpc) is 2.61. The molecule has 2 rings (SSSR count). The van der Waals surface area contributed by atoms with Crippen LogP contribution in [0.25, 0.3) is 11.1 Å². The minimum Gasteiger partial charge on any atom is -0.385 e. The van der Waals surface area contributed by atoms with Crippen molar-refractivity contribution in [2.24, 2.45) is 4.99 Å². The number of rotatable bonds is 9. The van der Waals surface area contributed by atoms with Gasteiger partial charge < -0.3 is 10.6 Å². The highest BCUT2D eigenvalue weighted by Crippen LogP contribution is 2.32. The van der Waals surface area contributed by atoms with Crippen molar-refractivity contribution in [3.05, 3.63) is 58.6 Å². The Kier molecular flexibility index (Phi) is 6.46. The Labute approximate surface area is 140 Å². The smallest absolute Gasteiger partial charge is 0.277 e. The molecule has 0 aliphatic rings. The fraction of sp³-hybridized carbons (Fsp3) is 0.176. The summed E-state index contributed by atoms with van der Waals surface area (Å²) in [6.45, 7) is 1.44. The summed E-state index contributed by atoms with van der Waals surface area (Å²) in [7, 11) is 0. The molecule has 0 bridgehead atoms. The van der Waals surface area contributed by atoms with Gasteiger partial charge in [-0.2, -0.15) is 0 Å². The maximum Gasteiger partial charge on any atom is 0.277 e. The van der Waals surface area contributed by atoms with Crippen molar-refractivity contribution >= 4 is 24.1 Å². The molecule has 0 aliphatic heterocycles. The Morgan fingerprint density at radius 2 is 1.96 bits per heavy atom. The number of nitrogens with zero attached hydrogens (tertiary/aromatic N) is 2. The number of benzene rings is 2. The topological polar surface area (TPSA) is 103 Å². The number of hydrogen-bond donors (Lipinski definition) is 3. The number of aliphatic imine (C=N–C) groups is 1. The Bertz CT molecular complexity index is 716. The molecule has 0 saturated heterocycles. The van der Waals surface area contributed by atoms with E-state index in [0.29, 0.717) is 5.56 Å². The molecule has 0 fully saturated rings. The van der Waals surface area contributed by atoms with Gasteiger partial charge in [-0.1, -0.05) is 30.3 Å². The maximum absolute atomic E-state index is 11.2. The molecule has 0 heterocycles. The van der Waals surface area contributed by atoms with Crippen LogP contribution in [0.15, 0.2) is 53.5 Å². The van der Waals surface area contributed by atoms with Crippen LogP contribution < -0.4 is 10.6 Å². The molecule has 2 aromatic carbocycles. The minimum absolute atomic E-state index is 0.0938. The molecular formula is C17H19N5O2. The quantitative estimate of drug-likeness (QED) is 0.216. The molecular weight excluding hydrogens is 306 g/mol. The van der Waals surface area contributed by atoms with Crippen molar-refractivity contribution in [3.8, 4) is 11.1 Å². The fourth-order valence-corrected chi connectivity index (χ4v) is 2.23. The third-order valence-corrected chi connectivity index (χ3v) is 3.35. The van der Waals surface area contributed by atoms with Gasteiger partial charge in [0.2, 0.25) is 0 Å². The Morgan fingerprint density at radius 1 is 1.17 bits per heavy atom. The van der Waals surface area contributed by atoms with Gasteiger partial charge in [0.05, 0.1) is 16.8 Å². The van der Waals surface area contributed by atoms with Crippen LogP contribution in [0.5, 0.6) is 0 Å². The molecule has 24 heavy (non-hydrogen) atoms. The van der Waals surface area contributed by atoms with E-state index in [1.54, 1.807) is 12.1 Å². The van der Waals surface area contributed by atoms with Crippen LogP contribution >= 0.6 is 0 Å². The van der Waals surface area contributed by atoms with Crippen molar-refractivity contribution in [2.75, 3.05) is 18.4 Å². The predicted octanol–water partition coefficient (Wildman–Crippen LogP) is 3.29. The van der Waals surface area contributed by atoms with Crippen LogP contribution in [-0.4, -0.2) is 30.7 Å². The lowest BCUT2D eigenvalue weighted by Gasteiger charge is -2.09. The van der Waals surface area contributed by atoms with Gasteiger partial charge in [0, 0.05) is 24.8 Å². The normalized spacial score (nSPS) is 10.5. The van der Waals surface area contributed by atoms with Gasteiger partial charge in [0.25, 0.3) is 5.69 Å². The molecule has 0 saturated carbocycles. The second-order valence-electron chi connectivity index (χ2n) is 5.00. The van der Waals surface area contributed by atoms with E-state index in [4.69, 9.17) is 5.41 Å². The van der Waals surface area contributed by atoms with E-state index >= 15 is 0 Å². The highest BCUT2D eigenvalue weighted by Gasteiger charge is 2.15. The van der Waals surface area contributed by atoms with Crippen LogP contribution in [-0.2, 0) is 0 Å². The van der Waals surface area contributed by atoms with Gasteiger partial charge in [-0.15, -0.1) is 0 Å². The van der Waals surface area contributed by atoms with Gasteiger partial charge in [-0.3, -0.25) is 15.5 Å². The van der Waals surface area contributed by atoms with Crippen molar-refractivity contribution in [1.29, 1.82) is 5.41 Å². The second-order valence-corrected chi connectivity index (χ2v) is 5.00. The number of hydrogen-bond acceptors (Lipinski definition) is 4. The Balaban J connectivity index is 2.03. The van der Waals surface area contributed by atoms with E-state index in [2.05, 4.69) is 15.6 Å². The summed E-state index contributed by atoms with van der Waals surface area (Å²) in [5.74, 6) is 0. The first kappa shape index (κ1) is 17.1. The highest BCUT2D eigenvalue weighted by molar-refractivity contribution is 5.77. The first-order valence-electron chi connectivity index (χ1n) is 7.54. The minimum atomic E-state index is -0.362. The second kappa shape index (κ2) is 9.04. The van der Waals surface area contributed by atoms with Gasteiger partial charge >= 0.3 is 0 Å². The van der Waals surface area contributed by atoms with Gasteiger partial charge in [-0.25, -0.2) is 4.99 Å². The first-order valence-corrected chi connectivity index (χ1v) is 7.54. The Hall–Kier alpha value is -3.22. The maximum atomic E-state index is 11.2. The summed E-state index contributed by atoms with van der Waals surface area (Å²) < 4.78 is 0. The summed E-state index contributed by atoms with van der Waals surface area (Å²) in [5, 5.41) is 24.2. The molecule has 0 aromatic heterocycles. The lowest BCUT2D eigenvalue weighted by atomic mass is 10.0. The highest BCUT2D eigenvalue weighted by atomic mass is 16.6. The van der Waals surface area contributed by atoms with E-state index in [9.17, 15) is 10.1 Å². The molecule has 0 atom stereocenters. The molecule has 2 aromatic rings. The van der Waals surface area contributed by atoms with Gasteiger partial charge in [0.1, 0.15) is 6.34 Å². The van der Waals surface area contributed by atoms with E-state index < -0.39 is 0 Å². The number of nitrogens with one attached hydrogen (secondary N) is 3. The molecule has 7 nitrogen and oxygen atoms in total. The lowest BCUT2D eigenvalue weighted by Crippen LogP contribution is -2.16. The third-order valence-electron chi connectivity index (χ3n) is 3.35. The summed E-state index contributed by atoms with van der Waals surface area (Å²) in [5.41, 5.74) is 2.35. The molecule has 124 valence electrons. The SMILES string of the molecule is N=C/N=C\NCCCNc1ccc([N+](=O)[O-])c(-c2ccccc2)c1. The van der Waals surface area contributed by atoms with Crippen LogP contribution in [0.3, 0.4) is 0 Å². The zero-order valence-electron chi connectivity index (χ0n) is 13.1. The van der Waals surface area contributed by atoms with Crippen molar-refractivity contribution in [1.82, 2.24) is 5.32 Å². The number of nitro benzene ring substituents is 1. The Morgan fingerprint density at radius 3 is 2.67 bits per heavy atom. The van der Waals surface area contributed by atoms with Gasteiger partial charge in [-0.05, 0) is 24.1 Å². The fourth-order valence-electron chi connectivity index (χ4n) is 2.23. The molecule has 0 radical (unpaired) electrons. The largest absolute Gasteiger partial charge is 0.385 e. The van der Waals surface area contributed by atoms with Crippen LogP contribution in [0.4, 0.5) is 11.4 Å². The summed E-state index contributed by atoms with van der Waals surface area (Å²) in [4.78, 5) is 14.5.